The Morgan fingerprint density at radius 2 is 2.20 bits per heavy atom. The first-order valence-corrected chi connectivity index (χ1v) is 3.68. The van der Waals surface area contributed by atoms with Gasteiger partial charge >= 0.3 is 0 Å². The molecule has 1 aliphatic rings. The maximum absolute atomic E-state index is 5.36. The second-order valence-electron chi connectivity index (χ2n) is 2.83. The van der Waals surface area contributed by atoms with Gasteiger partial charge in [0.2, 0.25) is 0 Å². The highest BCUT2D eigenvalue weighted by molar-refractivity contribution is 4.91. The van der Waals surface area contributed by atoms with Crippen molar-refractivity contribution in [3.05, 3.63) is 12.2 Å². The van der Waals surface area contributed by atoms with Gasteiger partial charge in [-0.3, -0.25) is 4.90 Å². The van der Waals surface area contributed by atoms with E-state index in [2.05, 4.69) is 17.1 Å². The minimum atomic E-state index is 0.371. The van der Waals surface area contributed by atoms with Crippen LogP contribution in [0.3, 0.4) is 0 Å². The van der Waals surface area contributed by atoms with Gasteiger partial charge in [-0.05, 0) is 27.4 Å². The first kappa shape index (κ1) is 7.76. The minimum Gasteiger partial charge on any atom is -0.353 e. The van der Waals surface area contributed by atoms with Crippen LogP contribution in [0.5, 0.6) is 0 Å². The molecule has 10 heavy (non-hydrogen) atoms. The normalized spacial score (nSPS) is 32.0. The number of hydrogen-bond acceptors (Lipinski definition) is 2. The fourth-order valence-electron chi connectivity index (χ4n) is 1.03. The fraction of sp³-hybridized carbons (Fsp3) is 0.750. The molecule has 0 saturated carbocycles. The molecule has 58 valence electrons. The Bertz CT molecular complexity index is 131. The molecule has 1 heterocycles. The van der Waals surface area contributed by atoms with E-state index in [1.807, 2.05) is 21.0 Å². The summed E-state index contributed by atoms with van der Waals surface area (Å²) in [6, 6.07) is 0. The summed E-state index contributed by atoms with van der Waals surface area (Å²) in [5, 5.41) is 0. The number of rotatable bonds is 3. The third kappa shape index (κ3) is 1.82. The quantitative estimate of drug-likeness (QED) is 0.434. The van der Waals surface area contributed by atoms with Gasteiger partial charge in [0.1, 0.15) is 12.3 Å². The molecule has 0 aliphatic carbocycles. The standard InChI is InChI=1S/C8H15NO/c1-4-5-6-7-8(10-7)9(2)3/h4-5,7-8H,6H2,1-3H3. The van der Waals surface area contributed by atoms with E-state index in [4.69, 9.17) is 4.74 Å². The molecule has 0 amide bonds. The molecule has 1 rings (SSSR count). The summed E-state index contributed by atoms with van der Waals surface area (Å²) >= 11 is 0. The average molecular weight is 141 g/mol. The van der Waals surface area contributed by atoms with E-state index in [9.17, 15) is 0 Å². The summed E-state index contributed by atoms with van der Waals surface area (Å²) in [4.78, 5) is 2.11. The fourth-order valence-corrected chi connectivity index (χ4v) is 1.03. The lowest BCUT2D eigenvalue weighted by atomic mass is 10.3. The van der Waals surface area contributed by atoms with Crippen molar-refractivity contribution in [1.29, 1.82) is 0 Å². The van der Waals surface area contributed by atoms with Crippen molar-refractivity contribution in [3.63, 3.8) is 0 Å². The highest BCUT2D eigenvalue weighted by Gasteiger charge is 2.39. The van der Waals surface area contributed by atoms with Gasteiger partial charge in [-0.2, -0.15) is 0 Å². The monoisotopic (exact) mass is 141 g/mol. The zero-order chi connectivity index (χ0) is 7.56. The molecule has 2 nitrogen and oxygen atoms in total. The largest absolute Gasteiger partial charge is 0.353 e. The summed E-state index contributed by atoms with van der Waals surface area (Å²) in [6.45, 7) is 2.03. The lowest BCUT2D eigenvalue weighted by Crippen LogP contribution is -2.17. The summed E-state index contributed by atoms with van der Waals surface area (Å²) in [6.07, 6.45) is 6.09. The van der Waals surface area contributed by atoms with E-state index in [0.29, 0.717) is 12.3 Å². The van der Waals surface area contributed by atoms with Crippen LogP contribution in [0, 0.1) is 0 Å². The molecule has 1 aliphatic heterocycles. The third-order valence-electron chi connectivity index (χ3n) is 1.67. The Morgan fingerprint density at radius 3 is 2.60 bits per heavy atom. The van der Waals surface area contributed by atoms with Crippen LogP contribution in [0.25, 0.3) is 0 Å². The summed E-state index contributed by atoms with van der Waals surface area (Å²) < 4.78 is 5.36. The molecule has 0 N–H and O–H groups in total. The molecule has 0 spiro atoms. The summed E-state index contributed by atoms with van der Waals surface area (Å²) in [5.41, 5.74) is 0. The third-order valence-corrected chi connectivity index (χ3v) is 1.67. The molecular weight excluding hydrogens is 126 g/mol. The zero-order valence-corrected chi connectivity index (χ0v) is 6.87. The average Bonchev–Trinajstić information content (AvgIpc) is 2.62. The maximum atomic E-state index is 5.36. The van der Waals surface area contributed by atoms with E-state index in [-0.39, 0.29) is 0 Å². The predicted octanol–water partition coefficient (Wildman–Crippen LogP) is 1.24. The zero-order valence-electron chi connectivity index (χ0n) is 6.87. The van der Waals surface area contributed by atoms with Gasteiger partial charge in [0.15, 0.2) is 0 Å². The van der Waals surface area contributed by atoms with Gasteiger partial charge in [0, 0.05) is 0 Å². The van der Waals surface area contributed by atoms with Crippen LogP contribution in [0.1, 0.15) is 13.3 Å². The van der Waals surface area contributed by atoms with E-state index < -0.39 is 0 Å². The van der Waals surface area contributed by atoms with Crippen molar-refractivity contribution < 1.29 is 4.74 Å². The number of allylic oxidation sites excluding steroid dienone is 1. The van der Waals surface area contributed by atoms with Crippen LogP contribution in [-0.4, -0.2) is 31.3 Å². The molecule has 1 fully saturated rings. The second kappa shape index (κ2) is 3.17. The molecule has 0 aromatic heterocycles. The molecule has 1 saturated heterocycles. The van der Waals surface area contributed by atoms with Gasteiger partial charge < -0.3 is 4.74 Å². The predicted molar refractivity (Wildman–Crippen MR) is 41.8 cm³/mol. The molecular formula is C8H15NO. The summed E-state index contributed by atoms with van der Waals surface area (Å²) in [5.74, 6) is 0. The van der Waals surface area contributed by atoms with E-state index in [0.717, 1.165) is 6.42 Å². The Labute approximate surface area is 62.5 Å². The van der Waals surface area contributed by atoms with Gasteiger partial charge in [-0.1, -0.05) is 12.2 Å². The smallest absolute Gasteiger partial charge is 0.137 e. The number of ether oxygens (including phenoxy) is 1. The number of hydrogen-bond donors (Lipinski definition) is 0. The molecule has 2 heteroatoms. The van der Waals surface area contributed by atoms with E-state index in [1.165, 1.54) is 0 Å². The van der Waals surface area contributed by atoms with Crippen LogP contribution >= 0.6 is 0 Å². The van der Waals surface area contributed by atoms with Crippen molar-refractivity contribution in [2.45, 2.75) is 25.7 Å². The van der Waals surface area contributed by atoms with Gasteiger partial charge in [0.25, 0.3) is 0 Å². The van der Waals surface area contributed by atoms with Crippen LogP contribution in [0.2, 0.25) is 0 Å². The first-order chi connectivity index (χ1) is 4.75. The molecule has 0 aromatic rings. The van der Waals surface area contributed by atoms with Gasteiger partial charge in [-0.25, -0.2) is 0 Å². The lowest BCUT2D eigenvalue weighted by molar-refractivity contribution is 0.244. The van der Waals surface area contributed by atoms with Crippen molar-refractivity contribution in [3.8, 4) is 0 Å². The summed E-state index contributed by atoms with van der Waals surface area (Å²) in [7, 11) is 4.08. The van der Waals surface area contributed by atoms with Crippen LogP contribution in [0.4, 0.5) is 0 Å². The van der Waals surface area contributed by atoms with Crippen molar-refractivity contribution in [2.75, 3.05) is 14.1 Å². The molecule has 2 atom stereocenters. The molecule has 2 unspecified atom stereocenters. The Hall–Kier alpha value is -0.340. The molecule has 0 aromatic carbocycles. The number of epoxide rings is 1. The van der Waals surface area contributed by atoms with Crippen molar-refractivity contribution in [1.82, 2.24) is 4.90 Å². The highest BCUT2D eigenvalue weighted by atomic mass is 16.6. The maximum Gasteiger partial charge on any atom is 0.137 e. The van der Waals surface area contributed by atoms with Crippen molar-refractivity contribution in [2.24, 2.45) is 0 Å². The first-order valence-electron chi connectivity index (χ1n) is 3.68. The van der Waals surface area contributed by atoms with E-state index >= 15 is 0 Å². The number of nitrogens with zero attached hydrogens (tertiary/aromatic N) is 1. The van der Waals surface area contributed by atoms with Crippen LogP contribution < -0.4 is 0 Å². The topological polar surface area (TPSA) is 15.8 Å². The second-order valence-corrected chi connectivity index (χ2v) is 2.83. The Kier molecular flexibility index (Phi) is 2.46. The Morgan fingerprint density at radius 1 is 1.50 bits per heavy atom. The minimum absolute atomic E-state index is 0.371. The van der Waals surface area contributed by atoms with E-state index in [1.54, 1.807) is 0 Å². The molecule has 0 radical (unpaired) electrons. The molecule has 0 bridgehead atoms. The number of likely N-dealkylation sites (N-methyl/N-ethyl adjacent to an activating group) is 1. The lowest BCUT2D eigenvalue weighted by Gasteiger charge is -2.02. The SMILES string of the molecule is CC=CCC1OC1N(C)C. The van der Waals surface area contributed by atoms with Crippen LogP contribution in [-0.2, 0) is 4.74 Å². The Balaban J connectivity index is 2.13. The van der Waals surface area contributed by atoms with Crippen molar-refractivity contribution >= 4 is 0 Å². The van der Waals surface area contributed by atoms with Gasteiger partial charge in [-0.15, -0.1) is 0 Å². The van der Waals surface area contributed by atoms with Crippen LogP contribution in [0.15, 0.2) is 12.2 Å². The highest BCUT2D eigenvalue weighted by Crippen LogP contribution is 2.26. The van der Waals surface area contributed by atoms with Gasteiger partial charge in [0.05, 0.1) is 0 Å².